The van der Waals surface area contributed by atoms with E-state index in [0.717, 1.165) is 5.69 Å². The summed E-state index contributed by atoms with van der Waals surface area (Å²) < 4.78 is 0. The van der Waals surface area contributed by atoms with Crippen LogP contribution in [0.2, 0.25) is 0 Å². The van der Waals surface area contributed by atoms with Crippen molar-refractivity contribution in [1.82, 2.24) is 0 Å². The number of rotatable bonds is 4. The molecule has 1 unspecified atom stereocenters. The molecule has 0 aliphatic heterocycles. The fourth-order valence-electron chi connectivity index (χ4n) is 4.40. The Morgan fingerprint density at radius 3 is 2.31 bits per heavy atom. The first-order chi connectivity index (χ1) is 13.8. The van der Waals surface area contributed by atoms with Crippen molar-refractivity contribution in [3.05, 3.63) is 124 Å². The van der Waals surface area contributed by atoms with Crippen LogP contribution in [0, 0.1) is 0 Å². The summed E-state index contributed by atoms with van der Waals surface area (Å²) in [6, 6.07) is 32.2. The van der Waals surface area contributed by atoms with Gasteiger partial charge in [-0.25, -0.2) is 0 Å². The van der Waals surface area contributed by atoms with E-state index in [1.807, 2.05) is 18.2 Å². The van der Waals surface area contributed by atoms with Gasteiger partial charge in [-0.05, 0) is 34.4 Å². The number of nitrogens with zero attached hydrogens (tertiary/aromatic N) is 1. The molecule has 0 saturated carbocycles. The molecule has 0 radical (unpaired) electrons. The van der Waals surface area contributed by atoms with Crippen LogP contribution in [0.4, 0.5) is 5.69 Å². The molecule has 0 heterocycles. The zero-order valence-corrected chi connectivity index (χ0v) is 18.0. The second-order valence-electron chi connectivity index (χ2n) is 7.46. The maximum absolute atomic E-state index is 4.92. The summed E-state index contributed by atoms with van der Waals surface area (Å²) in [5, 5.41) is 7.50. The van der Waals surface area contributed by atoms with Crippen LogP contribution in [-0.2, 0) is 28.3 Å². The maximum Gasteiger partial charge on any atom is 0.0307 e. The Morgan fingerprint density at radius 1 is 0.724 bits per heavy atom. The smallest absolute Gasteiger partial charge is 0.0307 e. The Morgan fingerprint density at radius 2 is 1.45 bits per heavy atom. The van der Waals surface area contributed by atoms with Gasteiger partial charge in [0.15, 0.2) is 0 Å². The normalized spacial score (nSPS) is 14.8. The zero-order valence-electron chi connectivity index (χ0n) is 16.5. The third-order valence-corrected chi connectivity index (χ3v) is 5.71. The SMILES string of the molecule is CC1=Cc2ccccc2C1c1ccc2ccccc2c1C[N-]c1ccccc1.[Ti]. The number of allylic oxidation sites excluding steroid dienone is 1. The largest absolute Gasteiger partial charge is 0.681 e. The van der Waals surface area contributed by atoms with Gasteiger partial charge in [-0.15, -0.1) is 12.2 Å². The molecule has 4 aromatic carbocycles. The van der Waals surface area contributed by atoms with E-state index in [9.17, 15) is 0 Å². The van der Waals surface area contributed by atoms with Crippen LogP contribution >= 0.6 is 0 Å². The average Bonchev–Trinajstić information content (AvgIpc) is 3.08. The van der Waals surface area contributed by atoms with Crippen LogP contribution in [-0.4, -0.2) is 0 Å². The third-order valence-electron chi connectivity index (χ3n) is 5.71. The van der Waals surface area contributed by atoms with Gasteiger partial charge in [-0.3, -0.25) is 0 Å². The van der Waals surface area contributed by atoms with Crippen molar-refractivity contribution in [2.45, 2.75) is 19.4 Å². The molecule has 0 fully saturated rings. The van der Waals surface area contributed by atoms with Crippen LogP contribution in [0.25, 0.3) is 22.2 Å². The fraction of sp³-hybridized carbons (Fsp3) is 0.111. The van der Waals surface area contributed by atoms with E-state index >= 15 is 0 Å². The molecule has 1 nitrogen and oxygen atoms in total. The summed E-state index contributed by atoms with van der Waals surface area (Å²) >= 11 is 0. The van der Waals surface area contributed by atoms with Gasteiger partial charge in [0.2, 0.25) is 0 Å². The molecule has 0 saturated heterocycles. The van der Waals surface area contributed by atoms with Crippen molar-refractivity contribution in [2.75, 3.05) is 0 Å². The molecule has 1 aliphatic carbocycles. The molecule has 0 aromatic heterocycles. The van der Waals surface area contributed by atoms with E-state index in [1.54, 1.807) is 0 Å². The van der Waals surface area contributed by atoms with Crippen molar-refractivity contribution in [1.29, 1.82) is 0 Å². The molecule has 4 aromatic rings. The second-order valence-corrected chi connectivity index (χ2v) is 7.46. The Kier molecular flexibility index (Phi) is 5.71. The minimum atomic E-state index is 0. The number of benzene rings is 4. The first kappa shape index (κ1) is 19.7. The first-order valence-corrected chi connectivity index (χ1v) is 9.81. The van der Waals surface area contributed by atoms with Gasteiger partial charge in [0.05, 0.1) is 0 Å². The quantitative estimate of drug-likeness (QED) is 0.309. The van der Waals surface area contributed by atoms with Crippen LogP contribution < -0.4 is 0 Å². The van der Waals surface area contributed by atoms with Crippen molar-refractivity contribution in [3.8, 4) is 0 Å². The minimum Gasteiger partial charge on any atom is -0.681 e. The van der Waals surface area contributed by atoms with E-state index in [4.69, 9.17) is 5.32 Å². The Labute approximate surface area is 187 Å². The van der Waals surface area contributed by atoms with Gasteiger partial charge in [0.1, 0.15) is 0 Å². The maximum atomic E-state index is 4.92. The van der Waals surface area contributed by atoms with Gasteiger partial charge < -0.3 is 5.32 Å². The summed E-state index contributed by atoms with van der Waals surface area (Å²) in [6.45, 7) is 2.94. The van der Waals surface area contributed by atoms with E-state index in [0.29, 0.717) is 12.5 Å². The summed E-state index contributed by atoms with van der Waals surface area (Å²) in [7, 11) is 0. The standard InChI is InChI=1S/C27H22N.Ti/c1-19-17-21-10-6-8-14-24(21)27(19)25-16-15-20-9-5-7-13-23(20)26(25)18-28-22-11-3-2-4-12-22;/h2-17,27H,18H2,1H3;/q-1;. The average molecular weight is 408 g/mol. The van der Waals surface area contributed by atoms with Gasteiger partial charge in [-0.2, -0.15) is 0 Å². The number of fused-ring (bicyclic) bond motifs is 2. The molecule has 0 bridgehead atoms. The predicted octanol–water partition coefficient (Wildman–Crippen LogP) is 7.59. The second kappa shape index (κ2) is 8.41. The molecule has 1 aliphatic rings. The summed E-state index contributed by atoms with van der Waals surface area (Å²) in [6.07, 6.45) is 2.33. The molecule has 140 valence electrons. The van der Waals surface area contributed by atoms with Crippen molar-refractivity contribution < 1.29 is 21.7 Å². The van der Waals surface area contributed by atoms with E-state index in [1.165, 1.54) is 38.6 Å². The van der Waals surface area contributed by atoms with Crippen molar-refractivity contribution in [3.63, 3.8) is 0 Å². The third kappa shape index (κ3) is 3.69. The molecule has 29 heavy (non-hydrogen) atoms. The fourth-order valence-corrected chi connectivity index (χ4v) is 4.40. The first-order valence-electron chi connectivity index (χ1n) is 9.81. The molecule has 5 rings (SSSR count). The number of hydrogen-bond acceptors (Lipinski definition) is 0. The molecule has 0 spiro atoms. The summed E-state index contributed by atoms with van der Waals surface area (Å²) in [5.41, 5.74) is 7.87. The van der Waals surface area contributed by atoms with E-state index < -0.39 is 0 Å². The van der Waals surface area contributed by atoms with Gasteiger partial charge in [0.25, 0.3) is 0 Å². The number of hydrogen-bond donors (Lipinski definition) is 0. The van der Waals surface area contributed by atoms with Crippen molar-refractivity contribution >= 4 is 22.5 Å². The molecule has 2 heteroatoms. The predicted molar refractivity (Wildman–Crippen MR) is 119 cm³/mol. The van der Waals surface area contributed by atoms with Crippen LogP contribution in [0.15, 0.2) is 96.6 Å². The topological polar surface area (TPSA) is 14.1 Å². The monoisotopic (exact) mass is 408 g/mol. The Bertz CT molecular complexity index is 1180. The van der Waals surface area contributed by atoms with Crippen LogP contribution in [0.1, 0.15) is 35.1 Å². The molecule has 0 N–H and O–H groups in total. The summed E-state index contributed by atoms with van der Waals surface area (Å²) in [5.74, 6) is 0.307. The Hall–Kier alpha value is -2.61. The van der Waals surface area contributed by atoms with E-state index in [-0.39, 0.29) is 21.7 Å². The molecular formula is C27H22NTi-. The minimum absolute atomic E-state index is 0. The van der Waals surface area contributed by atoms with Gasteiger partial charge in [-0.1, -0.05) is 108 Å². The van der Waals surface area contributed by atoms with Crippen LogP contribution in [0.5, 0.6) is 0 Å². The van der Waals surface area contributed by atoms with Gasteiger partial charge in [0, 0.05) is 27.6 Å². The van der Waals surface area contributed by atoms with Gasteiger partial charge >= 0.3 is 0 Å². The molecular weight excluding hydrogens is 386 g/mol. The molecule has 1 atom stereocenters. The van der Waals surface area contributed by atoms with Crippen molar-refractivity contribution in [2.24, 2.45) is 0 Å². The van der Waals surface area contributed by atoms with Crippen LogP contribution in [0.3, 0.4) is 0 Å². The number of para-hydroxylation sites is 1. The molecule has 0 amide bonds. The zero-order chi connectivity index (χ0) is 18.9. The summed E-state index contributed by atoms with van der Waals surface area (Å²) in [4.78, 5) is 0. The van der Waals surface area contributed by atoms with E-state index in [2.05, 4.69) is 85.8 Å². The Balaban J connectivity index is 0.00000205.